The van der Waals surface area contributed by atoms with Gasteiger partial charge in [0.2, 0.25) is 0 Å². The predicted molar refractivity (Wildman–Crippen MR) is 99.2 cm³/mol. The molecule has 26 heavy (non-hydrogen) atoms. The number of nitrogens with one attached hydrogen (secondary N) is 1. The molecule has 1 aromatic carbocycles. The molecule has 0 bridgehead atoms. The average Bonchev–Trinajstić information content (AvgIpc) is 3.33. The van der Waals surface area contributed by atoms with E-state index in [1.807, 2.05) is 6.07 Å². The Bertz CT molecular complexity index is 769. The molecule has 0 unspecified atom stereocenters. The lowest BCUT2D eigenvalue weighted by molar-refractivity contribution is 0.00167. The molecular formula is C19H23FN2O3S. The summed E-state index contributed by atoms with van der Waals surface area (Å²) in [6.07, 6.45) is 1.02. The molecule has 2 saturated heterocycles. The summed E-state index contributed by atoms with van der Waals surface area (Å²) in [6, 6.07) is 6.83. The molecule has 2 aromatic rings. The van der Waals surface area contributed by atoms with Crippen molar-refractivity contribution in [2.45, 2.75) is 12.5 Å². The highest BCUT2D eigenvalue weighted by molar-refractivity contribution is 7.20. The van der Waals surface area contributed by atoms with Crippen molar-refractivity contribution in [3.63, 3.8) is 0 Å². The van der Waals surface area contributed by atoms with E-state index in [0.717, 1.165) is 50.6 Å². The maximum atomic E-state index is 13.9. The second-order valence-corrected chi connectivity index (χ2v) is 7.90. The molecule has 2 aliphatic heterocycles. The highest BCUT2D eigenvalue weighted by atomic mass is 32.1. The Morgan fingerprint density at radius 2 is 2.15 bits per heavy atom. The minimum absolute atomic E-state index is 0.136. The predicted octanol–water partition coefficient (Wildman–Crippen LogP) is 2.51. The molecule has 1 amide bonds. The van der Waals surface area contributed by atoms with E-state index in [-0.39, 0.29) is 17.8 Å². The third-order valence-corrected chi connectivity index (χ3v) is 6.33. The van der Waals surface area contributed by atoms with Crippen LogP contribution in [0.4, 0.5) is 4.39 Å². The van der Waals surface area contributed by atoms with Crippen molar-refractivity contribution in [1.29, 1.82) is 0 Å². The number of fused-ring (bicyclic) bond motifs is 1. The van der Waals surface area contributed by atoms with Crippen LogP contribution in [0.2, 0.25) is 0 Å². The zero-order valence-corrected chi connectivity index (χ0v) is 15.4. The molecule has 3 heterocycles. The molecule has 2 fully saturated rings. The zero-order valence-electron chi connectivity index (χ0n) is 14.6. The van der Waals surface area contributed by atoms with E-state index < -0.39 is 0 Å². The fourth-order valence-corrected chi connectivity index (χ4v) is 4.77. The Morgan fingerprint density at radius 3 is 2.88 bits per heavy atom. The Balaban J connectivity index is 1.45. The number of rotatable bonds is 5. The van der Waals surface area contributed by atoms with E-state index in [0.29, 0.717) is 22.7 Å². The van der Waals surface area contributed by atoms with Gasteiger partial charge in [-0.2, -0.15) is 0 Å². The fourth-order valence-electron chi connectivity index (χ4n) is 3.78. The lowest BCUT2D eigenvalue weighted by Gasteiger charge is -2.37. The van der Waals surface area contributed by atoms with Gasteiger partial charge in [-0.15, -0.1) is 11.3 Å². The Labute approximate surface area is 156 Å². The third-order valence-electron chi connectivity index (χ3n) is 5.23. The molecule has 2 aliphatic rings. The van der Waals surface area contributed by atoms with Crippen molar-refractivity contribution in [2.75, 3.05) is 46.1 Å². The number of halogens is 1. The van der Waals surface area contributed by atoms with Gasteiger partial charge in [-0.25, -0.2) is 4.39 Å². The van der Waals surface area contributed by atoms with Gasteiger partial charge in [0.05, 0.1) is 24.7 Å². The van der Waals surface area contributed by atoms with Crippen LogP contribution in [0.1, 0.15) is 16.1 Å². The van der Waals surface area contributed by atoms with Crippen LogP contribution in [0.15, 0.2) is 24.3 Å². The lowest BCUT2D eigenvalue weighted by atomic mass is 9.97. The van der Waals surface area contributed by atoms with Crippen molar-refractivity contribution in [2.24, 2.45) is 5.92 Å². The smallest absolute Gasteiger partial charge is 0.261 e. The molecule has 0 saturated carbocycles. The second-order valence-electron chi connectivity index (χ2n) is 6.81. The number of thiophene rings is 1. The van der Waals surface area contributed by atoms with E-state index in [1.54, 1.807) is 12.1 Å². The highest BCUT2D eigenvalue weighted by Gasteiger charge is 2.32. The van der Waals surface area contributed by atoms with Crippen LogP contribution in [0.25, 0.3) is 10.1 Å². The molecule has 0 spiro atoms. The van der Waals surface area contributed by atoms with Crippen molar-refractivity contribution in [1.82, 2.24) is 10.2 Å². The number of morpholine rings is 1. The summed E-state index contributed by atoms with van der Waals surface area (Å²) in [5, 5.41) is 3.58. The van der Waals surface area contributed by atoms with Gasteiger partial charge in [0, 0.05) is 48.3 Å². The summed E-state index contributed by atoms with van der Waals surface area (Å²) in [6.45, 7) is 5.32. The minimum Gasteiger partial charge on any atom is -0.381 e. The van der Waals surface area contributed by atoms with E-state index in [4.69, 9.17) is 9.47 Å². The van der Waals surface area contributed by atoms with Crippen LogP contribution < -0.4 is 5.32 Å². The average molecular weight is 378 g/mol. The number of amides is 1. The molecule has 1 aromatic heterocycles. The van der Waals surface area contributed by atoms with Gasteiger partial charge in [0.25, 0.3) is 5.91 Å². The number of carbonyl (C=O) groups excluding carboxylic acids is 1. The molecule has 2 atom stereocenters. The number of hydrogen-bond acceptors (Lipinski definition) is 5. The third kappa shape index (κ3) is 3.76. The minimum atomic E-state index is -0.285. The monoisotopic (exact) mass is 378 g/mol. The topological polar surface area (TPSA) is 50.8 Å². The van der Waals surface area contributed by atoms with Crippen LogP contribution in [0.3, 0.4) is 0 Å². The van der Waals surface area contributed by atoms with Crippen LogP contribution in [0, 0.1) is 11.7 Å². The summed E-state index contributed by atoms with van der Waals surface area (Å²) in [5.41, 5.74) is 0. The van der Waals surface area contributed by atoms with Crippen LogP contribution in [-0.2, 0) is 9.47 Å². The lowest BCUT2D eigenvalue weighted by Crippen LogP contribution is -2.52. The summed E-state index contributed by atoms with van der Waals surface area (Å²) in [5.74, 6) is 0.00289. The van der Waals surface area contributed by atoms with Crippen molar-refractivity contribution >= 4 is 27.3 Å². The van der Waals surface area contributed by atoms with Gasteiger partial charge in [-0.05, 0) is 24.6 Å². The van der Waals surface area contributed by atoms with Gasteiger partial charge >= 0.3 is 0 Å². The zero-order chi connectivity index (χ0) is 17.9. The summed E-state index contributed by atoms with van der Waals surface area (Å²) in [7, 11) is 0. The van der Waals surface area contributed by atoms with Gasteiger partial charge in [-0.1, -0.05) is 6.07 Å². The first-order valence-corrected chi connectivity index (χ1v) is 9.90. The maximum absolute atomic E-state index is 13.9. The number of benzene rings is 1. The maximum Gasteiger partial charge on any atom is 0.261 e. The molecule has 140 valence electrons. The first-order valence-electron chi connectivity index (χ1n) is 9.08. The molecule has 0 aliphatic carbocycles. The molecular weight excluding hydrogens is 355 g/mol. The Hall–Kier alpha value is -1.54. The Morgan fingerprint density at radius 1 is 1.31 bits per heavy atom. The van der Waals surface area contributed by atoms with Crippen LogP contribution in [0.5, 0.6) is 0 Å². The first-order chi connectivity index (χ1) is 12.7. The van der Waals surface area contributed by atoms with Crippen molar-refractivity contribution in [3.8, 4) is 0 Å². The van der Waals surface area contributed by atoms with Crippen LogP contribution >= 0.6 is 11.3 Å². The van der Waals surface area contributed by atoms with E-state index in [2.05, 4.69) is 10.2 Å². The van der Waals surface area contributed by atoms with Crippen LogP contribution in [-0.4, -0.2) is 62.9 Å². The molecule has 4 rings (SSSR count). The largest absolute Gasteiger partial charge is 0.381 e. The van der Waals surface area contributed by atoms with Crippen molar-refractivity contribution in [3.05, 3.63) is 35.0 Å². The fraction of sp³-hybridized carbons (Fsp3) is 0.526. The first kappa shape index (κ1) is 17.9. The number of nitrogens with zero attached hydrogens (tertiary/aromatic N) is 1. The summed E-state index contributed by atoms with van der Waals surface area (Å²) >= 11 is 1.33. The SMILES string of the molecule is O=C(NC[C@@H]([C@@H]1CCOC1)N1CCOCC1)c1cc2c(F)cccc2s1. The van der Waals surface area contributed by atoms with E-state index in [1.165, 1.54) is 17.4 Å². The standard InChI is InChI=1S/C19H23FN2O3S/c20-15-2-1-3-17-14(15)10-18(26-17)19(23)21-11-16(13-4-7-25-12-13)22-5-8-24-9-6-22/h1-3,10,13,16H,4-9,11-12H2,(H,21,23)/t13-,16+/m1/s1. The quantitative estimate of drug-likeness (QED) is 0.869. The number of ether oxygens (including phenoxy) is 2. The number of hydrogen-bond donors (Lipinski definition) is 1. The number of carbonyl (C=O) groups is 1. The van der Waals surface area contributed by atoms with Crippen molar-refractivity contribution < 1.29 is 18.7 Å². The van der Waals surface area contributed by atoms with Gasteiger partial charge in [-0.3, -0.25) is 9.69 Å². The van der Waals surface area contributed by atoms with E-state index >= 15 is 0 Å². The Kier molecular flexibility index (Phi) is 5.49. The van der Waals surface area contributed by atoms with Gasteiger partial charge in [0.15, 0.2) is 0 Å². The van der Waals surface area contributed by atoms with Gasteiger partial charge in [0.1, 0.15) is 5.82 Å². The summed E-state index contributed by atoms with van der Waals surface area (Å²) in [4.78, 5) is 15.6. The molecule has 7 heteroatoms. The molecule has 0 radical (unpaired) electrons. The highest BCUT2D eigenvalue weighted by Crippen LogP contribution is 2.28. The van der Waals surface area contributed by atoms with E-state index in [9.17, 15) is 9.18 Å². The normalized spacial score (nSPS) is 22.6. The summed E-state index contributed by atoms with van der Waals surface area (Å²) < 4.78 is 25.7. The van der Waals surface area contributed by atoms with Gasteiger partial charge < -0.3 is 14.8 Å². The molecule has 5 nitrogen and oxygen atoms in total. The second kappa shape index (κ2) is 8.00. The molecule has 1 N–H and O–H groups in total.